The van der Waals surface area contributed by atoms with Crippen LogP contribution in [0.5, 0.6) is 0 Å². The monoisotopic (exact) mass is 313 g/mol. The molecule has 0 aliphatic rings. The molecule has 0 aromatic carbocycles. The molecule has 0 saturated heterocycles. The number of rotatable bonds is 4. The van der Waals surface area contributed by atoms with Gasteiger partial charge in [0.25, 0.3) is 11.5 Å². The molecule has 4 N–H and O–H groups in total. The number of carbonyl (C=O) groups is 1. The van der Waals surface area contributed by atoms with Gasteiger partial charge in [0.15, 0.2) is 11.5 Å². The van der Waals surface area contributed by atoms with E-state index in [2.05, 4.69) is 20.8 Å². The van der Waals surface area contributed by atoms with E-state index in [1.54, 1.807) is 38.4 Å². The lowest BCUT2D eigenvalue weighted by Gasteiger charge is -2.11. The van der Waals surface area contributed by atoms with Crippen molar-refractivity contribution >= 4 is 23.1 Å². The quantitative estimate of drug-likeness (QED) is 0.633. The number of nitrogens with zero attached hydrogens (tertiary/aromatic N) is 4. The Morgan fingerprint density at radius 3 is 2.87 bits per heavy atom. The molecule has 3 heterocycles. The molecule has 3 aromatic rings. The van der Waals surface area contributed by atoms with Crippen LogP contribution < -0.4 is 22.0 Å². The Balaban J connectivity index is 2.14. The summed E-state index contributed by atoms with van der Waals surface area (Å²) in [7, 11) is 1.72. The van der Waals surface area contributed by atoms with Gasteiger partial charge in [0.1, 0.15) is 5.69 Å². The molecule has 0 atom stereocenters. The van der Waals surface area contributed by atoms with Gasteiger partial charge < -0.3 is 11.1 Å². The zero-order valence-electron chi connectivity index (χ0n) is 12.6. The minimum Gasteiger partial charge on any atom is -0.385 e. The lowest BCUT2D eigenvalue weighted by Crippen LogP contribution is -2.28. The third-order valence-corrected chi connectivity index (χ3v) is 3.36. The zero-order valence-corrected chi connectivity index (χ0v) is 12.6. The van der Waals surface area contributed by atoms with Gasteiger partial charge in [-0.05, 0) is 13.0 Å². The molecule has 3 aromatic heterocycles. The number of anilines is 2. The van der Waals surface area contributed by atoms with E-state index in [1.807, 2.05) is 0 Å². The van der Waals surface area contributed by atoms with E-state index in [0.717, 1.165) is 0 Å². The summed E-state index contributed by atoms with van der Waals surface area (Å²) in [5.41, 5.74) is 9.86. The average molecular weight is 313 g/mol. The average Bonchev–Trinajstić information content (AvgIpc) is 2.95. The Hall–Kier alpha value is -3.36. The number of fused-ring (bicyclic) bond motifs is 1. The van der Waals surface area contributed by atoms with Crippen LogP contribution in [-0.2, 0) is 0 Å². The van der Waals surface area contributed by atoms with Crippen molar-refractivity contribution in [1.82, 2.24) is 19.3 Å². The molecule has 0 radical (unpaired) electrons. The van der Waals surface area contributed by atoms with Crippen molar-refractivity contribution < 1.29 is 4.79 Å². The predicted molar refractivity (Wildman–Crippen MR) is 85.5 cm³/mol. The van der Waals surface area contributed by atoms with Gasteiger partial charge in [0, 0.05) is 24.9 Å². The van der Waals surface area contributed by atoms with Crippen molar-refractivity contribution in [3.05, 3.63) is 52.2 Å². The van der Waals surface area contributed by atoms with E-state index in [-0.39, 0.29) is 11.3 Å². The minimum absolute atomic E-state index is 0.150. The van der Waals surface area contributed by atoms with Crippen LogP contribution >= 0.6 is 0 Å². The number of nitrogens with one attached hydrogen (secondary N) is 2. The molecular weight excluding hydrogens is 298 g/mol. The number of carbonyl (C=O) groups excluding carboxylic acids is 1. The number of aryl methyl sites for hydroxylation is 1. The van der Waals surface area contributed by atoms with Crippen LogP contribution in [0.3, 0.4) is 0 Å². The number of imidazole rings is 1. The topological polar surface area (TPSA) is 119 Å². The highest BCUT2D eigenvalue weighted by Crippen LogP contribution is 2.19. The fraction of sp³-hybridized carbons (Fsp3) is 0.143. The molecule has 0 saturated carbocycles. The van der Waals surface area contributed by atoms with Gasteiger partial charge in [0.05, 0.1) is 11.9 Å². The van der Waals surface area contributed by atoms with Gasteiger partial charge in [0.2, 0.25) is 0 Å². The molecule has 0 fully saturated rings. The normalized spacial score (nSPS) is 10.7. The summed E-state index contributed by atoms with van der Waals surface area (Å²) in [6.45, 7) is 1.72. The highest BCUT2D eigenvalue weighted by molar-refractivity contribution is 5.92. The SMILES string of the molecule is CNc1cc(Nn2cccc(C)c2=O)nn2c(C(N)=O)cnc12. The van der Waals surface area contributed by atoms with E-state index in [0.29, 0.717) is 22.7 Å². The van der Waals surface area contributed by atoms with Gasteiger partial charge in [-0.2, -0.15) is 0 Å². The third kappa shape index (κ3) is 2.48. The fourth-order valence-corrected chi connectivity index (χ4v) is 2.19. The number of aromatic nitrogens is 4. The number of primary amides is 1. The molecule has 9 heteroatoms. The molecule has 0 spiro atoms. The molecule has 0 aliphatic heterocycles. The second-order valence-corrected chi connectivity index (χ2v) is 4.91. The Bertz CT molecular complexity index is 957. The first-order valence-corrected chi connectivity index (χ1v) is 6.83. The third-order valence-electron chi connectivity index (χ3n) is 3.36. The molecule has 0 unspecified atom stereocenters. The van der Waals surface area contributed by atoms with E-state index in [9.17, 15) is 9.59 Å². The van der Waals surface area contributed by atoms with Gasteiger partial charge in [-0.1, -0.05) is 6.07 Å². The summed E-state index contributed by atoms with van der Waals surface area (Å²) < 4.78 is 2.64. The minimum atomic E-state index is -0.642. The summed E-state index contributed by atoms with van der Waals surface area (Å²) >= 11 is 0. The maximum absolute atomic E-state index is 12.1. The van der Waals surface area contributed by atoms with Crippen LogP contribution in [0.15, 0.2) is 35.4 Å². The van der Waals surface area contributed by atoms with E-state index >= 15 is 0 Å². The maximum Gasteiger partial charge on any atom is 0.272 e. The predicted octanol–water partition coefficient (Wildman–Crippen LogP) is 0.215. The second-order valence-electron chi connectivity index (χ2n) is 4.91. The first kappa shape index (κ1) is 14.6. The number of hydrogen-bond acceptors (Lipinski definition) is 6. The molecule has 3 rings (SSSR count). The van der Waals surface area contributed by atoms with Gasteiger partial charge in [-0.25, -0.2) is 14.2 Å². The van der Waals surface area contributed by atoms with Crippen molar-refractivity contribution in [2.75, 3.05) is 17.8 Å². The number of amides is 1. The molecular formula is C14H15N7O2. The molecule has 0 aliphatic carbocycles. The standard InChI is InChI=1S/C14H15N7O2/c1-8-4-3-5-20(14(8)23)18-11-6-9(16-2)13-17-7-10(12(15)22)21(13)19-11/h3-7,16H,1-2H3,(H2,15,22)(H,18,19). The van der Waals surface area contributed by atoms with Crippen LogP contribution in [0.2, 0.25) is 0 Å². The van der Waals surface area contributed by atoms with Crippen molar-refractivity contribution in [1.29, 1.82) is 0 Å². The fourth-order valence-electron chi connectivity index (χ4n) is 2.19. The number of pyridine rings is 1. The van der Waals surface area contributed by atoms with Crippen LogP contribution in [-0.4, -0.2) is 32.2 Å². The molecule has 118 valence electrons. The number of nitrogens with two attached hydrogens (primary N) is 1. The largest absolute Gasteiger partial charge is 0.385 e. The van der Waals surface area contributed by atoms with Gasteiger partial charge in [-0.15, -0.1) is 5.10 Å². The van der Waals surface area contributed by atoms with Crippen molar-refractivity contribution in [3.63, 3.8) is 0 Å². The summed E-state index contributed by atoms with van der Waals surface area (Å²) in [4.78, 5) is 27.7. The van der Waals surface area contributed by atoms with Crippen LogP contribution in [0.4, 0.5) is 11.5 Å². The van der Waals surface area contributed by atoms with Gasteiger partial charge in [-0.3, -0.25) is 15.0 Å². The zero-order chi connectivity index (χ0) is 16.6. The van der Waals surface area contributed by atoms with E-state index in [4.69, 9.17) is 5.73 Å². The summed E-state index contributed by atoms with van der Waals surface area (Å²) in [6.07, 6.45) is 2.94. The van der Waals surface area contributed by atoms with Crippen molar-refractivity contribution in [3.8, 4) is 0 Å². The first-order chi connectivity index (χ1) is 11.0. The lowest BCUT2D eigenvalue weighted by atomic mass is 10.3. The summed E-state index contributed by atoms with van der Waals surface area (Å²) in [5.74, 6) is -0.285. The highest BCUT2D eigenvalue weighted by atomic mass is 16.1. The van der Waals surface area contributed by atoms with Gasteiger partial charge >= 0.3 is 0 Å². The Labute approximate surface area is 130 Å². The first-order valence-electron chi connectivity index (χ1n) is 6.83. The molecule has 9 nitrogen and oxygen atoms in total. The Kier molecular flexibility index (Phi) is 3.45. The highest BCUT2D eigenvalue weighted by Gasteiger charge is 2.14. The van der Waals surface area contributed by atoms with Crippen LogP contribution in [0.1, 0.15) is 16.1 Å². The van der Waals surface area contributed by atoms with Crippen molar-refractivity contribution in [2.24, 2.45) is 5.73 Å². The lowest BCUT2D eigenvalue weighted by molar-refractivity contribution is 0.0993. The Morgan fingerprint density at radius 1 is 1.39 bits per heavy atom. The van der Waals surface area contributed by atoms with Crippen LogP contribution in [0, 0.1) is 6.92 Å². The van der Waals surface area contributed by atoms with Crippen LogP contribution in [0.25, 0.3) is 5.65 Å². The molecule has 0 bridgehead atoms. The molecule has 23 heavy (non-hydrogen) atoms. The summed E-state index contributed by atoms with van der Waals surface area (Å²) in [5, 5.41) is 7.25. The van der Waals surface area contributed by atoms with Crippen molar-refractivity contribution in [2.45, 2.75) is 6.92 Å². The second kappa shape index (κ2) is 5.44. The van der Waals surface area contributed by atoms with E-state index in [1.165, 1.54) is 15.4 Å². The molecule has 1 amide bonds. The smallest absolute Gasteiger partial charge is 0.272 e. The summed E-state index contributed by atoms with van der Waals surface area (Å²) in [6, 6.07) is 5.15. The maximum atomic E-state index is 12.1. The van der Waals surface area contributed by atoms with E-state index < -0.39 is 5.91 Å². The number of hydrogen-bond donors (Lipinski definition) is 3. The Morgan fingerprint density at radius 2 is 2.17 bits per heavy atom.